The van der Waals surface area contributed by atoms with Crippen molar-refractivity contribution >= 4 is 44.4 Å². The van der Waals surface area contributed by atoms with Gasteiger partial charge in [0.25, 0.3) is 0 Å². The number of aromatic nitrogens is 2. The molecule has 7 nitrogen and oxygen atoms in total. The first-order valence-corrected chi connectivity index (χ1v) is 11.9. The Bertz CT molecular complexity index is 1320. The van der Waals surface area contributed by atoms with Gasteiger partial charge in [-0.05, 0) is 35.7 Å². The average molecular weight is 453 g/mol. The summed E-state index contributed by atoms with van der Waals surface area (Å²) in [7, 11) is -4.06. The number of sulfonamides is 1. The molecule has 1 amide bonds. The highest BCUT2D eigenvalue weighted by Crippen LogP contribution is 2.25. The maximum absolute atomic E-state index is 13.3. The van der Waals surface area contributed by atoms with Gasteiger partial charge in [-0.1, -0.05) is 61.5 Å². The van der Waals surface area contributed by atoms with E-state index in [0.29, 0.717) is 16.8 Å². The van der Waals surface area contributed by atoms with Gasteiger partial charge in [0, 0.05) is 5.69 Å². The van der Waals surface area contributed by atoms with Crippen LogP contribution in [0.15, 0.2) is 77.7 Å². The highest BCUT2D eigenvalue weighted by atomic mass is 32.2. The normalized spacial score (nSPS) is 12.5. The first kappa shape index (κ1) is 21.1. The van der Waals surface area contributed by atoms with E-state index in [4.69, 9.17) is 0 Å². The largest absolute Gasteiger partial charge is 0.324 e. The molecule has 0 spiro atoms. The molecule has 158 valence electrons. The quantitative estimate of drug-likeness (QED) is 0.443. The van der Waals surface area contributed by atoms with Gasteiger partial charge in [-0.3, -0.25) is 4.79 Å². The van der Waals surface area contributed by atoms with E-state index in [0.717, 1.165) is 23.7 Å². The van der Waals surface area contributed by atoms with Crippen LogP contribution in [0.5, 0.6) is 0 Å². The van der Waals surface area contributed by atoms with E-state index in [9.17, 15) is 13.2 Å². The number of hydrogen-bond acceptors (Lipinski definition) is 6. The molecule has 4 aromatic rings. The van der Waals surface area contributed by atoms with Crippen LogP contribution in [0.1, 0.15) is 24.1 Å². The molecule has 0 saturated carbocycles. The fraction of sp³-hybridized carbons (Fsp3) is 0.136. The Labute approximate surface area is 184 Å². The molecule has 4 rings (SSSR count). The van der Waals surface area contributed by atoms with Gasteiger partial charge in [0.05, 0.1) is 11.7 Å². The topological polar surface area (TPSA) is 101 Å². The minimum absolute atomic E-state index is 0.0126. The molecule has 1 atom stereocenters. The Balaban J connectivity index is 1.70. The van der Waals surface area contributed by atoms with Crippen molar-refractivity contribution in [2.45, 2.75) is 24.3 Å². The zero-order valence-corrected chi connectivity index (χ0v) is 18.3. The molecule has 0 saturated heterocycles. The Morgan fingerprint density at radius 2 is 1.71 bits per heavy atom. The van der Waals surface area contributed by atoms with Crippen molar-refractivity contribution in [3.05, 3.63) is 83.9 Å². The third-order valence-corrected chi connectivity index (χ3v) is 6.86. The van der Waals surface area contributed by atoms with E-state index in [2.05, 4.69) is 18.8 Å². The Morgan fingerprint density at radius 3 is 2.48 bits per heavy atom. The average Bonchev–Trinajstić information content (AvgIpc) is 3.27. The van der Waals surface area contributed by atoms with E-state index in [-0.39, 0.29) is 10.4 Å². The number of carbonyl (C=O) groups excluding carboxylic acids is 1. The SMILES string of the molecule is CCc1ccccc1NC(=O)[C@H](NS(=O)(=O)c1cccc2nsnc12)c1ccccc1. The van der Waals surface area contributed by atoms with Crippen molar-refractivity contribution in [1.29, 1.82) is 0 Å². The van der Waals surface area contributed by atoms with Crippen molar-refractivity contribution in [2.24, 2.45) is 0 Å². The van der Waals surface area contributed by atoms with Crippen molar-refractivity contribution < 1.29 is 13.2 Å². The predicted molar refractivity (Wildman–Crippen MR) is 121 cm³/mol. The number of nitrogens with one attached hydrogen (secondary N) is 2. The molecule has 0 radical (unpaired) electrons. The lowest BCUT2D eigenvalue weighted by atomic mass is 10.1. The second-order valence-electron chi connectivity index (χ2n) is 6.85. The number of nitrogens with zero attached hydrogens (tertiary/aromatic N) is 2. The summed E-state index contributed by atoms with van der Waals surface area (Å²) in [6.07, 6.45) is 0.733. The second-order valence-corrected chi connectivity index (χ2v) is 9.06. The zero-order valence-electron chi connectivity index (χ0n) is 16.6. The minimum Gasteiger partial charge on any atom is -0.324 e. The molecular weight excluding hydrogens is 432 g/mol. The van der Waals surface area contributed by atoms with Gasteiger partial charge >= 0.3 is 0 Å². The number of benzene rings is 3. The van der Waals surface area contributed by atoms with Crippen LogP contribution in [0.3, 0.4) is 0 Å². The number of hydrogen-bond donors (Lipinski definition) is 2. The van der Waals surface area contributed by atoms with E-state index in [1.54, 1.807) is 48.5 Å². The van der Waals surface area contributed by atoms with Crippen molar-refractivity contribution in [3.63, 3.8) is 0 Å². The zero-order chi connectivity index (χ0) is 21.8. The smallest absolute Gasteiger partial charge is 0.247 e. The summed E-state index contributed by atoms with van der Waals surface area (Å²) in [5.41, 5.74) is 2.92. The van der Waals surface area contributed by atoms with Crippen LogP contribution >= 0.6 is 11.7 Å². The summed E-state index contributed by atoms with van der Waals surface area (Å²) in [6, 6.07) is 19.8. The van der Waals surface area contributed by atoms with Crippen molar-refractivity contribution in [3.8, 4) is 0 Å². The van der Waals surface area contributed by atoms with E-state index in [1.807, 2.05) is 25.1 Å². The second kappa shape index (κ2) is 8.93. The first-order chi connectivity index (χ1) is 15.0. The monoisotopic (exact) mass is 452 g/mol. The van der Waals surface area contributed by atoms with Crippen LogP contribution in [-0.4, -0.2) is 23.1 Å². The number of anilines is 1. The van der Waals surface area contributed by atoms with Crippen LogP contribution < -0.4 is 10.0 Å². The van der Waals surface area contributed by atoms with Gasteiger partial charge < -0.3 is 5.32 Å². The molecule has 0 bridgehead atoms. The van der Waals surface area contributed by atoms with Gasteiger partial charge in [0.15, 0.2) is 0 Å². The number of rotatable bonds is 7. The number of para-hydroxylation sites is 1. The molecule has 0 aliphatic rings. The Hall–Kier alpha value is -3.14. The number of fused-ring (bicyclic) bond motifs is 1. The molecule has 0 aliphatic heterocycles. The Morgan fingerprint density at radius 1 is 0.968 bits per heavy atom. The van der Waals surface area contributed by atoms with Crippen LogP contribution in [-0.2, 0) is 21.2 Å². The van der Waals surface area contributed by atoms with Crippen molar-refractivity contribution in [2.75, 3.05) is 5.32 Å². The number of amides is 1. The molecule has 0 aliphatic carbocycles. The van der Waals surface area contributed by atoms with E-state index in [1.165, 1.54) is 6.07 Å². The summed E-state index contributed by atoms with van der Waals surface area (Å²) < 4.78 is 37.3. The lowest BCUT2D eigenvalue weighted by Gasteiger charge is -2.20. The molecule has 9 heteroatoms. The van der Waals surface area contributed by atoms with Gasteiger partial charge in [0.2, 0.25) is 15.9 Å². The highest BCUT2D eigenvalue weighted by Gasteiger charge is 2.29. The molecule has 1 aromatic heterocycles. The minimum atomic E-state index is -4.06. The fourth-order valence-corrected chi connectivity index (χ4v) is 5.24. The van der Waals surface area contributed by atoms with Gasteiger partial charge in [-0.15, -0.1) is 0 Å². The first-order valence-electron chi connectivity index (χ1n) is 9.67. The molecule has 3 aromatic carbocycles. The molecular formula is C22H20N4O3S2. The molecule has 0 fully saturated rings. The maximum atomic E-state index is 13.3. The number of carbonyl (C=O) groups is 1. The molecule has 0 unspecified atom stereocenters. The lowest BCUT2D eigenvalue weighted by Crippen LogP contribution is -2.37. The summed E-state index contributed by atoms with van der Waals surface area (Å²) >= 11 is 0.939. The maximum Gasteiger partial charge on any atom is 0.247 e. The summed E-state index contributed by atoms with van der Waals surface area (Å²) in [5.74, 6) is -0.473. The van der Waals surface area contributed by atoms with Gasteiger partial charge in [0.1, 0.15) is 22.0 Å². The van der Waals surface area contributed by atoms with Crippen LogP contribution in [0.25, 0.3) is 11.0 Å². The van der Waals surface area contributed by atoms with Gasteiger partial charge in [-0.25, -0.2) is 8.42 Å². The number of aryl methyl sites for hydroxylation is 1. The Kier molecular flexibility index (Phi) is 6.08. The molecule has 31 heavy (non-hydrogen) atoms. The van der Waals surface area contributed by atoms with E-state index < -0.39 is 22.0 Å². The lowest BCUT2D eigenvalue weighted by molar-refractivity contribution is -0.117. The predicted octanol–water partition coefficient (Wildman–Crippen LogP) is 3.91. The summed E-state index contributed by atoms with van der Waals surface area (Å²) in [6.45, 7) is 1.99. The van der Waals surface area contributed by atoms with Gasteiger partial charge in [-0.2, -0.15) is 13.5 Å². The van der Waals surface area contributed by atoms with E-state index >= 15 is 0 Å². The van der Waals surface area contributed by atoms with Crippen LogP contribution in [0.2, 0.25) is 0 Å². The highest BCUT2D eigenvalue weighted by molar-refractivity contribution is 7.89. The van der Waals surface area contributed by atoms with Crippen molar-refractivity contribution in [1.82, 2.24) is 13.5 Å². The third-order valence-electron chi connectivity index (χ3n) is 4.86. The molecule has 2 N–H and O–H groups in total. The van der Waals surface area contributed by atoms with Crippen LogP contribution in [0.4, 0.5) is 5.69 Å². The third kappa shape index (κ3) is 4.48. The standard InChI is InChI=1S/C22H20N4O3S2/c1-2-15-9-6-7-12-17(15)23-22(27)20(16-10-4-3-5-11-16)26-31(28,29)19-14-8-13-18-21(19)25-30-24-18/h3-14,20,26H,2H2,1H3,(H,23,27)/t20-/m1/s1. The fourth-order valence-electron chi connectivity index (χ4n) is 3.29. The van der Waals surface area contributed by atoms with Crippen LogP contribution in [0, 0.1) is 0 Å². The molecule has 1 heterocycles. The summed E-state index contributed by atoms with van der Waals surface area (Å²) in [4.78, 5) is 13.2. The summed E-state index contributed by atoms with van der Waals surface area (Å²) in [5, 5.41) is 2.87.